The second-order valence-electron chi connectivity index (χ2n) is 5.76. The maximum absolute atomic E-state index is 12.0. The van der Waals surface area contributed by atoms with Crippen LogP contribution in [0.4, 0.5) is 11.4 Å². The highest BCUT2D eigenvalue weighted by atomic mass is 16.3. The lowest BCUT2D eigenvalue weighted by atomic mass is 10.1. The molecule has 1 amide bonds. The molecule has 21 heavy (non-hydrogen) atoms. The zero-order valence-electron chi connectivity index (χ0n) is 12.0. The summed E-state index contributed by atoms with van der Waals surface area (Å²) < 4.78 is 0. The minimum absolute atomic E-state index is 0.00120. The maximum Gasteiger partial charge on any atom is 0.227 e. The predicted molar refractivity (Wildman–Crippen MR) is 80.1 cm³/mol. The number of aliphatic hydroxyl groups is 1. The highest BCUT2D eigenvalue weighted by molar-refractivity contribution is 5.96. The standard InChI is InChI=1S/C16H19N3O2/c17-9-13-8-14(19-10-12(11-20)7-16(19)21)3-4-15(13)18-5-1-2-6-18/h3-4,8,12,20H,1-2,5-7,10-11H2. The third kappa shape index (κ3) is 2.59. The molecule has 1 aromatic rings. The molecule has 0 aliphatic carbocycles. The molecule has 0 bridgehead atoms. The lowest BCUT2D eigenvalue weighted by Crippen LogP contribution is -2.25. The van der Waals surface area contributed by atoms with Gasteiger partial charge in [0.1, 0.15) is 6.07 Å². The van der Waals surface area contributed by atoms with E-state index in [-0.39, 0.29) is 18.4 Å². The molecule has 0 spiro atoms. The zero-order chi connectivity index (χ0) is 14.8. The highest BCUT2D eigenvalue weighted by Crippen LogP contribution is 2.31. The number of aliphatic hydroxyl groups excluding tert-OH is 1. The molecule has 2 aliphatic rings. The average Bonchev–Trinajstić information content (AvgIpc) is 3.16. The summed E-state index contributed by atoms with van der Waals surface area (Å²) in [6, 6.07) is 7.90. The molecule has 1 N–H and O–H groups in total. The van der Waals surface area contributed by atoms with Crippen LogP contribution in [0, 0.1) is 17.2 Å². The van der Waals surface area contributed by atoms with Gasteiger partial charge in [0.2, 0.25) is 5.91 Å². The van der Waals surface area contributed by atoms with Gasteiger partial charge in [0, 0.05) is 44.3 Å². The number of rotatable bonds is 3. The number of carbonyl (C=O) groups excluding carboxylic acids is 1. The Labute approximate surface area is 124 Å². The Balaban J connectivity index is 1.88. The number of anilines is 2. The lowest BCUT2D eigenvalue weighted by molar-refractivity contribution is -0.117. The fourth-order valence-electron chi connectivity index (χ4n) is 3.17. The van der Waals surface area contributed by atoms with Gasteiger partial charge < -0.3 is 14.9 Å². The molecule has 0 radical (unpaired) electrons. The Hall–Kier alpha value is -2.06. The van der Waals surface area contributed by atoms with Crippen LogP contribution in [0.5, 0.6) is 0 Å². The van der Waals surface area contributed by atoms with Gasteiger partial charge in [-0.25, -0.2) is 0 Å². The van der Waals surface area contributed by atoms with Gasteiger partial charge in [-0.15, -0.1) is 0 Å². The second kappa shape index (κ2) is 5.74. The van der Waals surface area contributed by atoms with Crippen LogP contribution in [-0.2, 0) is 4.79 Å². The van der Waals surface area contributed by atoms with Gasteiger partial charge in [-0.2, -0.15) is 5.26 Å². The molecule has 1 aromatic carbocycles. The lowest BCUT2D eigenvalue weighted by Gasteiger charge is -2.22. The van der Waals surface area contributed by atoms with Crippen molar-refractivity contribution >= 4 is 17.3 Å². The largest absolute Gasteiger partial charge is 0.396 e. The summed E-state index contributed by atoms with van der Waals surface area (Å²) in [7, 11) is 0. The van der Waals surface area contributed by atoms with Crippen LogP contribution in [0.2, 0.25) is 0 Å². The Morgan fingerprint density at radius 2 is 2.10 bits per heavy atom. The van der Waals surface area contributed by atoms with Gasteiger partial charge in [-0.3, -0.25) is 4.79 Å². The summed E-state index contributed by atoms with van der Waals surface area (Å²) in [4.78, 5) is 15.9. The van der Waals surface area contributed by atoms with E-state index in [2.05, 4.69) is 11.0 Å². The Morgan fingerprint density at radius 3 is 2.71 bits per heavy atom. The normalized spacial score (nSPS) is 21.9. The number of carbonyl (C=O) groups is 1. The van der Waals surface area contributed by atoms with Gasteiger partial charge in [0.25, 0.3) is 0 Å². The minimum Gasteiger partial charge on any atom is -0.396 e. The Morgan fingerprint density at radius 1 is 1.33 bits per heavy atom. The highest BCUT2D eigenvalue weighted by Gasteiger charge is 2.30. The zero-order valence-corrected chi connectivity index (χ0v) is 12.0. The van der Waals surface area contributed by atoms with E-state index in [1.807, 2.05) is 12.1 Å². The van der Waals surface area contributed by atoms with Gasteiger partial charge in [-0.1, -0.05) is 0 Å². The van der Waals surface area contributed by atoms with Crippen molar-refractivity contribution in [1.82, 2.24) is 0 Å². The number of nitrogens with zero attached hydrogens (tertiary/aromatic N) is 3. The molecule has 110 valence electrons. The first kappa shape index (κ1) is 13.9. The number of benzene rings is 1. The molecule has 5 heteroatoms. The van der Waals surface area contributed by atoms with E-state index in [4.69, 9.17) is 0 Å². The van der Waals surface area contributed by atoms with Crippen LogP contribution >= 0.6 is 0 Å². The van der Waals surface area contributed by atoms with E-state index in [0.717, 1.165) is 37.3 Å². The van der Waals surface area contributed by atoms with Crippen LogP contribution in [0.1, 0.15) is 24.8 Å². The van der Waals surface area contributed by atoms with E-state index in [1.165, 1.54) is 0 Å². The minimum atomic E-state index is 0.00120. The SMILES string of the molecule is N#Cc1cc(N2CC(CO)CC2=O)ccc1N1CCCC1. The van der Waals surface area contributed by atoms with Gasteiger partial charge in [0.05, 0.1) is 11.3 Å². The van der Waals surface area contributed by atoms with E-state index in [1.54, 1.807) is 11.0 Å². The first-order chi connectivity index (χ1) is 10.2. The van der Waals surface area contributed by atoms with Crippen LogP contribution in [0.15, 0.2) is 18.2 Å². The summed E-state index contributed by atoms with van der Waals surface area (Å²) in [6.07, 6.45) is 2.71. The summed E-state index contributed by atoms with van der Waals surface area (Å²) >= 11 is 0. The maximum atomic E-state index is 12.0. The van der Waals surface area contributed by atoms with Crippen LogP contribution in [0.3, 0.4) is 0 Å². The van der Waals surface area contributed by atoms with Crippen molar-refractivity contribution in [2.45, 2.75) is 19.3 Å². The molecule has 0 saturated carbocycles. The molecule has 2 heterocycles. The van der Waals surface area contributed by atoms with Crippen LogP contribution in [0.25, 0.3) is 0 Å². The van der Waals surface area contributed by atoms with E-state index >= 15 is 0 Å². The Kier molecular flexibility index (Phi) is 3.80. The third-order valence-electron chi connectivity index (χ3n) is 4.32. The number of amides is 1. The smallest absolute Gasteiger partial charge is 0.227 e. The van der Waals surface area contributed by atoms with Gasteiger partial charge in [-0.05, 0) is 31.0 Å². The molecular weight excluding hydrogens is 266 g/mol. The second-order valence-corrected chi connectivity index (χ2v) is 5.76. The topological polar surface area (TPSA) is 67.6 Å². The molecule has 3 rings (SSSR count). The quantitative estimate of drug-likeness (QED) is 0.914. The molecule has 2 fully saturated rings. The number of nitriles is 1. The molecule has 0 aromatic heterocycles. The van der Waals surface area contributed by atoms with Gasteiger partial charge >= 0.3 is 0 Å². The number of hydrogen-bond acceptors (Lipinski definition) is 4. The van der Waals surface area contributed by atoms with Crippen molar-refractivity contribution in [3.63, 3.8) is 0 Å². The first-order valence-corrected chi connectivity index (χ1v) is 7.43. The summed E-state index contributed by atoms with van der Waals surface area (Å²) in [5.41, 5.74) is 2.34. The fourth-order valence-corrected chi connectivity index (χ4v) is 3.17. The average molecular weight is 285 g/mol. The Bertz CT molecular complexity index is 588. The summed E-state index contributed by atoms with van der Waals surface area (Å²) in [5.74, 6) is 0.0214. The van der Waals surface area contributed by atoms with E-state index < -0.39 is 0 Å². The molecule has 2 aliphatic heterocycles. The van der Waals surface area contributed by atoms with Crippen molar-refractivity contribution in [1.29, 1.82) is 5.26 Å². The van der Waals surface area contributed by atoms with Crippen molar-refractivity contribution < 1.29 is 9.90 Å². The first-order valence-electron chi connectivity index (χ1n) is 7.43. The van der Waals surface area contributed by atoms with Crippen LogP contribution < -0.4 is 9.80 Å². The molecule has 2 saturated heterocycles. The number of hydrogen-bond donors (Lipinski definition) is 1. The molecule has 1 unspecified atom stereocenters. The summed E-state index contributed by atoms with van der Waals surface area (Å²) in [6.45, 7) is 2.54. The van der Waals surface area contributed by atoms with Crippen molar-refractivity contribution in [2.75, 3.05) is 36.0 Å². The van der Waals surface area contributed by atoms with Crippen LogP contribution in [-0.4, -0.2) is 37.3 Å². The van der Waals surface area contributed by atoms with Crippen molar-refractivity contribution in [2.24, 2.45) is 5.92 Å². The predicted octanol–water partition coefficient (Wildman–Crippen LogP) is 1.50. The van der Waals surface area contributed by atoms with E-state index in [9.17, 15) is 15.2 Å². The molecular formula is C16H19N3O2. The fraction of sp³-hybridized carbons (Fsp3) is 0.500. The monoisotopic (exact) mass is 285 g/mol. The van der Waals surface area contributed by atoms with Crippen molar-refractivity contribution in [3.05, 3.63) is 23.8 Å². The third-order valence-corrected chi connectivity index (χ3v) is 4.32. The molecule has 1 atom stereocenters. The van der Waals surface area contributed by atoms with Crippen molar-refractivity contribution in [3.8, 4) is 6.07 Å². The molecule has 5 nitrogen and oxygen atoms in total. The summed E-state index contributed by atoms with van der Waals surface area (Å²) in [5, 5.41) is 18.6. The van der Waals surface area contributed by atoms with Gasteiger partial charge in [0.15, 0.2) is 0 Å². The van der Waals surface area contributed by atoms with E-state index in [0.29, 0.717) is 18.5 Å².